The first-order valence-corrected chi connectivity index (χ1v) is 8.39. The van der Waals surface area contributed by atoms with Crippen LogP contribution in [0.1, 0.15) is 15.9 Å². The maximum atomic E-state index is 12.5. The summed E-state index contributed by atoms with van der Waals surface area (Å²) in [5, 5.41) is 14.9. The Kier molecular flexibility index (Phi) is 5.72. The van der Waals surface area contributed by atoms with Crippen molar-refractivity contribution in [3.8, 4) is 17.6 Å². The molecule has 140 valence electrons. The molecule has 0 fully saturated rings. The second-order valence-electron chi connectivity index (χ2n) is 5.81. The summed E-state index contributed by atoms with van der Waals surface area (Å²) < 4.78 is 10.4. The lowest BCUT2D eigenvalue weighted by Gasteiger charge is -2.10. The number of ether oxygens (including phenoxy) is 2. The quantitative estimate of drug-likeness (QED) is 0.678. The van der Waals surface area contributed by atoms with Crippen molar-refractivity contribution < 1.29 is 14.3 Å². The van der Waals surface area contributed by atoms with Gasteiger partial charge in [-0.1, -0.05) is 6.07 Å². The fourth-order valence-electron chi connectivity index (χ4n) is 2.50. The summed E-state index contributed by atoms with van der Waals surface area (Å²) >= 11 is 0. The number of benzene rings is 2. The summed E-state index contributed by atoms with van der Waals surface area (Å²) in [6, 6.07) is 17.6. The molecular weight excluding hydrogens is 356 g/mol. The van der Waals surface area contributed by atoms with Crippen molar-refractivity contribution in [1.29, 1.82) is 5.26 Å². The van der Waals surface area contributed by atoms with Gasteiger partial charge in [0.2, 0.25) is 0 Å². The SMILES string of the molecule is COc1cc(OC)cc(C(=O)Nc2ccc(Nc3cccc(C#N)c3)nc2)c1. The van der Waals surface area contributed by atoms with Gasteiger partial charge in [0.25, 0.3) is 5.91 Å². The Balaban J connectivity index is 1.70. The topological polar surface area (TPSA) is 96.3 Å². The third-order valence-corrected chi connectivity index (χ3v) is 3.90. The molecule has 3 aromatic rings. The van der Waals surface area contributed by atoms with Gasteiger partial charge in [-0.15, -0.1) is 0 Å². The first-order chi connectivity index (χ1) is 13.6. The minimum absolute atomic E-state index is 0.304. The summed E-state index contributed by atoms with van der Waals surface area (Å²) in [5.41, 5.74) is 2.27. The van der Waals surface area contributed by atoms with Crippen molar-refractivity contribution in [1.82, 2.24) is 4.98 Å². The van der Waals surface area contributed by atoms with Crippen LogP contribution in [0.4, 0.5) is 17.2 Å². The van der Waals surface area contributed by atoms with Crippen LogP contribution in [-0.2, 0) is 0 Å². The van der Waals surface area contributed by atoms with Crippen LogP contribution in [0, 0.1) is 11.3 Å². The van der Waals surface area contributed by atoms with E-state index in [-0.39, 0.29) is 5.91 Å². The minimum atomic E-state index is -0.304. The van der Waals surface area contributed by atoms with E-state index in [1.54, 1.807) is 54.7 Å². The van der Waals surface area contributed by atoms with Crippen molar-refractivity contribution in [3.63, 3.8) is 0 Å². The van der Waals surface area contributed by atoms with E-state index in [0.717, 1.165) is 5.69 Å². The Labute approximate surface area is 162 Å². The molecule has 0 saturated heterocycles. The molecule has 2 N–H and O–H groups in total. The number of pyridine rings is 1. The number of hydrogen-bond acceptors (Lipinski definition) is 6. The summed E-state index contributed by atoms with van der Waals surface area (Å²) in [6.07, 6.45) is 1.55. The Morgan fingerprint density at radius 1 is 1.00 bits per heavy atom. The number of nitriles is 1. The number of aromatic nitrogens is 1. The van der Waals surface area contributed by atoms with E-state index in [9.17, 15) is 4.79 Å². The third-order valence-electron chi connectivity index (χ3n) is 3.90. The monoisotopic (exact) mass is 374 g/mol. The molecule has 0 bridgehead atoms. The van der Waals surface area contributed by atoms with Gasteiger partial charge in [0, 0.05) is 17.3 Å². The van der Waals surface area contributed by atoms with Gasteiger partial charge in [0.1, 0.15) is 17.3 Å². The number of nitrogens with one attached hydrogen (secondary N) is 2. The van der Waals surface area contributed by atoms with Gasteiger partial charge in [-0.3, -0.25) is 4.79 Å². The van der Waals surface area contributed by atoms with E-state index in [2.05, 4.69) is 21.7 Å². The lowest BCUT2D eigenvalue weighted by Crippen LogP contribution is -2.12. The van der Waals surface area contributed by atoms with Crippen molar-refractivity contribution in [2.24, 2.45) is 0 Å². The highest BCUT2D eigenvalue weighted by Crippen LogP contribution is 2.23. The van der Waals surface area contributed by atoms with Crippen LogP contribution in [0.15, 0.2) is 60.8 Å². The highest BCUT2D eigenvalue weighted by atomic mass is 16.5. The molecule has 0 atom stereocenters. The lowest BCUT2D eigenvalue weighted by molar-refractivity contribution is 0.102. The molecule has 1 aromatic heterocycles. The number of hydrogen-bond donors (Lipinski definition) is 2. The van der Waals surface area contributed by atoms with Crippen LogP contribution in [0.3, 0.4) is 0 Å². The van der Waals surface area contributed by atoms with Gasteiger partial charge in [-0.05, 0) is 42.5 Å². The number of methoxy groups -OCH3 is 2. The zero-order valence-corrected chi connectivity index (χ0v) is 15.4. The minimum Gasteiger partial charge on any atom is -0.497 e. The number of nitrogens with zero attached hydrogens (tertiary/aromatic N) is 2. The van der Waals surface area contributed by atoms with E-state index in [4.69, 9.17) is 14.7 Å². The second-order valence-corrected chi connectivity index (χ2v) is 5.81. The molecule has 3 rings (SSSR count). The number of rotatable bonds is 6. The Hall–Kier alpha value is -4.05. The standard InChI is InChI=1S/C21H18N4O3/c1-27-18-9-15(10-19(11-18)28-2)21(26)25-17-6-7-20(23-13-17)24-16-5-3-4-14(8-16)12-22/h3-11,13H,1-2H3,(H,23,24)(H,25,26). The van der Waals surface area contributed by atoms with Crippen LogP contribution in [0.5, 0.6) is 11.5 Å². The van der Waals surface area contributed by atoms with Crippen LogP contribution < -0.4 is 20.1 Å². The van der Waals surface area contributed by atoms with Crippen LogP contribution in [0.25, 0.3) is 0 Å². The molecule has 7 heteroatoms. The number of carbonyl (C=O) groups excluding carboxylic acids is 1. The molecule has 0 radical (unpaired) electrons. The van der Waals surface area contributed by atoms with Crippen LogP contribution in [-0.4, -0.2) is 25.1 Å². The van der Waals surface area contributed by atoms with Gasteiger partial charge in [0.05, 0.1) is 37.7 Å². The molecule has 7 nitrogen and oxygen atoms in total. The second kappa shape index (κ2) is 8.56. The summed E-state index contributed by atoms with van der Waals surface area (Å²) in [7, 11) is 3.05. The highest BCUT2D eigenvalue weighted by molar-refractivity contribution is 6.04. The molecule has 28 heavy (non-hydrogen) atoms. The maximum Gasteiger partial charge on any atom is 0.255 e. The summed E-state index contributed by atoms with van der Waals surface area (Å²) in [5.74, 6) is 1.35. The molecule has 0 spiro atoms. The van der Waals surface area contributed by atoms with Crippen molar-refractivity contribution in [2.75, 3.05) is 24.9 Å². The predicted molar refractivity (Wildman–Crippen MR) is 106 cm³/mol. The van der Waals surface area contributed by atoms with Gasteiger partial charge in [0.15, 0.2) is 0 Å². The van der Waals surface area contributed by atoms with Crippen LogP contribution in [0.2, 0.25) is 0 Å². The molecule has 1 heterocycles. The molecule has 0 saturated carbocycles. The number of amides is 1. The highest BCUT2D eigenvalue weighted by Gasteiger charge is 2.10. The molecular formula is C21H18N4O3. The fraction of sp³-hybridized carbons (Fsp3) is 0.0952. The summed E-state index contributed by atoms with van der Waals surface area (Å²) in [6.45, 7) is 0. The largest absolute Gasteiger partial charge is 0.497 e. The molecule has 1 amide bonds. The van der Waals surface area contributed by atoms with Crippen molar-refractivity contribution in [2.45, 2.75) is 0 Å². The predicted octanol–water partition coefficient (Wildman–Crippen LogP) is 3.97. The number of anilines is 3. The molecule has 0 aliphatic rings. The normalized spacial score (nSPS) is 9.89. The zero-order valence-electron chi connectivity index (χ0n) is 15.4. The Bertz CT molecular complexity index is 1000. The maximum absolute atomic E-state index is 12.5. The molecule has 2 aromatic carbocycles. The fourth-order valence-corrected chi connectivity index (χ4v) is 2.50. The average molecular weight is 374 g/mol. The van der Waals surface area contributed by atoms with Gasteiger partial charge < -0.3 is 20.1 Å². The van der Waals surface area contributed by atoms with Crippen LogP contribution >= 0.6 is 0 Å². The first kappa shape index (κ1) is 18.7. The number of carbonyl (C=O) groups is 1. The smallest absolute Gasteiger partial charge is 0.255 e. The lowest BCUT2D eigenvalue weighted by atomic mass is 10.2. The van der Waals surface area contributed by atoms with Gasteiger partial charge >= 0.3 is 0 Å². The average Bonchev–Trinajstić information content (AvgIpc) is 2.74. The van der Waals surface area contributed by atoms with E-state index in [0.29, 0.717) is 34.1 Å². The summed E-state index contributed by atoms with van der Waals surface area (Å²) in [4.78, 5) is 16.8. The molecule has 0 aliphatic heterocycles. The third kappa shape index (κ3) is 4.56. The van der Waals surface area contributed by atoms with E-state index in [1.165, 1.54) is 14.2 Å². The Morgan fingerprint density at radius 3 is 2.36 bits per heavy atom. The van der Waals surface area contributed by atoms with Gasteiger partial charge in [-0.2, -0.15) is 5.26 Å². The van der Waals surface area contributed by atoms with E-state index >= 15 is 0 Å². The first-order valence-electron chi connectivity index (χ1n) is 8.39. The Morgan fingerprint density at radius 2 is 1.75 bits per heavy atom. The van der Waals surface area contributed by atoms with E-state index in [1.807, 2.05) is 6.07 Å². The van der Waals surface area contributed by atoms with Crippen molar-refractivity contribution >= 4 is 23.1 Å². The molecule has 0 aliphatic carbocycles. The molecule has 0 unspecified atom stereocenters. The van der Waals surface area contributed by atoms with E-state index < -0.39 is 0 Å². The zero-order chi connectivity index (χ0) is 19.9. The van der Waals surface area contributed by atoms with Gasteiger partial charge in [-0.25, -0.2) is 4.98 Å². The van der Waals surface area contributed by atoms with Crippen molar-refractivity contribution in [3.05, 3.63) is 71.9 Å².